The average molecular weight is 315 g/mol. The predicted molar refractivity (Wildman–Crippen MR) is 77.6 cm³/mol. The fraction of sp³-hybridized carbons (Fsp3) is 0.643. The molecule has 118 valence electrons. The van der Waals surface area contributed by atoms with E-state index in [-0.39, 0.29) is 18.3 Å². The number of pyridine rings is 1. The molecule has 0 aromatic carbocycles. The Morgan fingerprint density at radius 3 is 2.71 bits per heavy atom. The number of hydrogen-bond acceptors (Lipinski definition) is 6. The number of aromatic nitrogens is 1. The van der Waals surface area contributed by atoms with Gasteiger partial charge < -0.3 is 9.47 Å². The van der Waals surface area contributed by atoms with E-state index in [1.165, 1.54) is 0 Å². The topological polar surface area (TPSA) is 74.7 Å². The molecule has 0 radical (unpaired) electrons. The summed E-state index contributed by atoms with van der Waals surface area (Å²) in [4.78, 5) is 4.23. The molecule has 0 saturated carbocycles. The summed E-state index contributed by atoms with van der Waals surface area (Å²) >= 11 is 0. The molecule has 0 aliphatic carbocycles. The molecule has 0 amide bonds. The zero-order valence-corrected chi connectivity index (χ0v) is 13.3. The predicted octanol–water partition coefficient (Wildman–Crippen LogP) is 2.07. The fourth-order valence-electron chi connectivity index (χ4n) is 2.23. The van der Waals surface area contributed by atoms with Crippen molar-refractivity contribution in [2.45, 2.75) is 45.0 Å². The first-order chi connectivity index (χ1) is 9.83. The molecule has 6 nitrogen and oxygen atoms in total. The molecule has 2 atom stereocenters. The quantitative estimate of drug-likeness (QED) is 0.774. The molecule has 1 aromatic rings. The number of hydrogen-bond donors (Lipinski definition) is 0. The van der Waals surface area contributed by atoms with Gasteiger partial charge in [-0.2, -0.15) is 8.42 Å². The van der Waals surface area contributed by atoms with Crippen LogP contribution in [-0.2, 0) is 19.0 Å². The van der Waals surface area contributed by atoms with Gasteiger partial charge in [0.1, 0.15) is 0 Å². The second-order valence-electron chi connectivity index (χ2n) is 5.40. The summed E-state index contributed by atoms with van der Waals surface area (Å²) in [6, 6.07) is 3.68. The summed E-state index contributed by atoms with van der Waals surface area (Å²) in [5.41, 5.74) is 0.896. The molecular formula is C14H21NO5S. The first-order valence-corrected chi connectivity index (χ1v) is 8.77. The van der Waals surface area contributed by atoms with Crippen LogP contribution in [0.5, 0.6) is 5.88 Å². The van der Waals surface area contributed by atoms with E-state index in [2.05, 4.69) is 4.98 Å². The van der Waals surface area contributed by atoms with Gasteiger partial charge in [-0.05, 0) is 31.9 Å². The van der Waals surface area contributed by atoms with E-state index in [4.69, 9.17) is 13.7 Å². The Morgan fingerprint density at radius 1 is 1.38 bits per heavy atom. The molecule has 1 aliphatic rings. The van der Waals surface area contributed by atoms with Crippen LogP contribution in [0, 0.1) is 0 Å². The lowest BCUT2D eigenvalue weighted by Gasteiger charge is -2.28. The maximum absolute atomic E-state index is 11.2. The van der Waals surface area contributed by atoms with E-state index < -0.39 is 10.1 Å². The summed E-state index contributed by atoms with van der Waals surface area (Å²) < 4.78 is 38.6. The molecule has 1 saturated heterocycles. The van der Waals surface area contributed by atoms with Crippen molar-refractivity contribution in [3.05, 3.63) is 23.9 Å². The molecule has 0 spiro atoms. The highest BCUT2D eigenvalue weighted by Crippen LogP contribution is 2.30. The minimum atomic E-state index is -3.44. The Kier molecular flexibility index (Phi) is 5.18. The van der Waals surface area contributed by atoms with Crippen molar-refractivity contribution in [2.24, 2.45) is 0 Å². The molecule has 2 unspecified atom stereocenters. The molecular weight excluding hydrogens is 294 g/mol. The van der Waals surface area contributed by atoms with E-state index in [0.717, 1.165) is 11.8 Å². The summed E-state index contributed by atoms with van der Waals surface area (Å²) in [6.07, 6.45) is 3.37. The maximum atomic E-state index is 11.2. The standard InChI is InChI=1S/C14H21NO5S/c1-10(2)19-14-5-4-11(9-15-14)13-8-12(6-7-18-13)20-21(3,16)17/h4-5,9-10,12-13H,6-8H2,1-3H3. The van der Waals surface area contributed by atoms with Gasteiger partial charge in [0.2, 0.25) is 5.88 Å². The van der Waals surface area contributed by atoms with E-state index >= 15 is 0 Å². The van der Waals surface area contributed by atoms with Crippen molar-refractivity contribution in [2.75, 3.05) is 12.9 Å². The minimum Gasteiger partial charge on any atom is -0.475 e. The smallest absolute Gasteiger partial charge is 0.264 e. The second kappa shape index (κ2) is 6.72. The van der Waals surface area contributed by atoms with Gasteiger partial charge in [0.05, 0.1) is 24.6 Å². The minimum absolute atomic E-state index is 0.0711. The first-order valence-electron chi connectivity index (χ1n) is 6.96. The monoisotopic (exact) mass is 315 g/mol. The molecule has 0 N–H and O–H groups in total. The van der Waals surface area contributed by atoms with Crippen LogP contribution in [-0.4, -0.2) is 38.5 Å². The summed E-state index contributed by atoms with van der Waals surface area (Å²) in [5.74, 6) is 0.563. The van der Waals surface area contributed by atoms with E-state index in [1.807, 2.05) is 19.9 Å². The summed E-state index contributed by atoms with van der Waals surface area (Å²) in [7, 11) is -3.44. The first kappa shape index (κ1) is 16.2. The fourth-order valence-corrected chi connectivity index (χ4v) is 2.90. The summed E-state index contributed by atoms with van der Waals surface area (Å²) in [5, 5.41) is 0. The second-order valence-corrected chi connectivity index (χ2v) is 7.00. The van der Waals surface area contributed by atoms with Crippen molar-refractivity contribution >= 4 is 10.1 Å². The molecule has 0 bridgehead atoms. The van der Waals surface area contributed by atoms with Crippen molar-refractivity contribution < 1.29 is 22.1 Å². The highest BCUT2D eigenvalue weighted by atomic mass is 32.2. The normalized spacial score (nSPS) is 23.2. The van der Waals surface area contributed by atoms with Crippen LogP contribution in [0.15, 0.2) is 18.3 Å². The highest BCUT2D eigenvalue weighted by Gasteiger charge is 2.27. The van der Waals surface area contributed by atoms with Crippen LogP contribution >= 0.6 is 0 Å². The van der Waals surface area contributed by atoms with Crippen LogP contribution in [0.4, 0.5) is 0 Å². The van der Waals surface area contributed by atoms with Crippen LogP contribution in [0.2, 0.25) is 0 Å². The summed E-state index contributed by atoms with van der Waals surface area (Å²) in [6.45, 7) is 4.34. The molecule has 1 aromatic heterocycles. The Hall–Kier alpha value is -1.18. The van der Waals surface area contributed by atoms with Crippen LogP contribution in [0.25, 0.3) is 0 Å². The maximum Gasteiger partial charge on any atom is 0.264 e. The molecule has 7 heteroatoms. The van der Waals surface area contributed by atoms with Gasteiger partial charge in [-0.1, -0.05) is 0 Å². The van der Waals surface area contributed by atoms with E-state index in [9.17, 15) is 8.42 Å². The van der Waals surface area contributed by atoms with Gasteiger partial charge in [-0.15, -0.1) is 0 Å². The Labute approximate surface area is 125 Å². The third-order valence-electron chi connectivity index (χ3n) is 3.03. The van der Waals surface area contributed by atoms with E-state index in [1.54, 1.807) is 12.3 Å². The number of ether oxygens (including phenoxy) is 2. The van der Waals surface area contributed by atoms with Crippen LogP contribution in [0.1, 0.15) is 38.4 Å². The van der Waals surface area contributed by atoms with Gasteiger partial charge in [0.25, 0.3) is 10.1 Å². The molecule has 2 rings (SSSR count). The SMILES string of the molecule is CC(C)Oc1ccc(C2CC(OS(C)(=O)=O)CCO2)cn1. The lowest BCUT2D eigenvalue weighted by molar-refractivity contribution is -0.0344. The third kappa shape index (κ3) is 5.26. The largest absolute Gasteiger partial charge is 0.475 e. The Balaban J connectivity index is 2.00. The lowest BCUT2D eigenvalue weighted by Crippen LogP contribution is -2.28. The molecule has 1 fully saturated rings. The van der Waals surface area contributed by atoms with Gasteiger partial charge in [-0.25, -0.2) is 4.98 Å². The van der Waals surface area contributed by atoms with Crippen molar-refractivity contribution in [3.63, 3.8) is 0 Å². The number of rotatable bonds is 5. The average Bonchev–Trinajstić information content (AvgIpc) is 2.37. The third-order valence-corrected chi connectivity index (χ3v) is 3.66. The number of nitrogens with zero attached hydrogens (tertiary/aromatic N) is 1. The Bertz CT molecular complexity index is 555. The highest BCUT2D eigenvalue weighted by molar-refractivity contribution is 7.86. The van der Waals surface area contributed by atoms with Crippen LogP contribution in [0.3, 0.4) is 0 Å². The zero-order valence-electron chi connectivity index (χ0n) is 12.5. The van der Waals surface area contributed by atoms with Crippen molar-refractivity contribution in [1.82, 2.24) is 4.98 Å². The van der Waals surface area contributed by atoms with Gasteiger partial charge in [0, 0.05) is 25.3 Å². The Morgan fingerprint density at radius 2 is 2.14 bits per heavy atom. The molecule has 21 heavy (non-hydrogen) atoms. The van der Waals surface area contributed by atoms with Crippen molar-refractivity contribution in [3.8, 4) is 5.88 Å². The van der Waals surface area contributed by atoms with Crippen molar-refractivity contribution in [1.29, 1.82) is 0 Å². The van der Waals surface area contributed by atoms with E-state index in [0.29, 0.717) is 25.3 Å². The van der Waals surface area contributed by atoms with Crippen LogP contribution < -0.4 is 4.74 Å². The zero-order chi connectivity index (χ0) is 15.5. The van der Waals surface area contributed by atoms with Gasteiger partial charge >= 0.3 is 0 Å². The van der Waals surface area contributed by atoms with Gasteiger partial charge in [-0.3, -0.25) is 4.18 Å². The molecule has 2 heterocycles. The molecule has 1 aliphatic heterocycles. The van der Waals surface area contributed by atoms with Gasteiger partial charge in [0.15, 0.2) is 0 Å². The lowest BCUT2D eigenvalue weighted by atomic mass is 10.0.